The first kappa shape index (κ1) is 25.6. The van der Waals surface area contributed by atoms with E-state index in [-0.39, 0.29) is 5.41 Å². The van der Waals surface area contributed by atoms with Gasteiger partial charge in [0.2, 0.25) is 0 Å². The number of carbonyl (C=O) groups excluding carboxylic acids is 1. The van der Waals surface area contributed by atoms with Crippen molar-refractivity contribution in [3.05, 3.63) is 0 Å². The van der Waals surface area contributed by atoms with Crippen molar-refractivity contribution >= 4 is 5.78 Å². The lowest BCUT2D eigenvalue weighted by Crippen LogP contribution is -2.29. The molecule has 0 aromatic carbocycles. The zero-order chi connectivity index (χ0) is 19.5. The van der Waals surface area contributed by atoms with Gasteiger partial charge in [-0.05, 0) is 19.9 Å². The zero-order valence-corrected chi connectivity index (χ0v) is 18.0. The molecule has 1 N–H and O–H groups in total. The number of ketones is 1. The van der Waals surface area contributed by atoms with E-state index in [1.807, 2.05) is 7.05 Å². The summed E-state index contributed by atoms with van der Waals surface area (Å²) in [5.74, 6) is 0.390. The highest BCUT2D eigenvalue weighted by molar-refractivity contribution is 5.84. The number of hydrogen-bond donors (Lipinski definition) is 1. The van der Waals surface area contributed by atoms with E-state index in [0.29, 0.717) is 38.6 Å². The molecule has 0 aliphatic heterocycles. The summed E-state index contributed by atoms with van der Waals surface area (Å²) in [7, 11) is 1.91. The number of rotatable bonds is 20. The summed E-state index contributed by atoms with van der Waals surface area (Å²) in [4.78, 5) is 12.8. The van der Waals surface area contributed by atoms with Crippen molar-refractivity contribution in [3.8, 4) is 0 Å². The van der Waals surface area contributed by atoms with Gasteiger partial charge >= 0.3 is 0 Å². The second kappa shape index (κ2) is 17.9. The maximum Gasteiger partial charge on any atom is 0.141 e. The van der Waals surface area contributed by atoms with Crippen LogP contribution in [0.2, 0.25) is 0 Å². The van der Waals surface area contributed by atoms with Crippen molar-refractivity contribution in [1.29, 1.82) is 0 Å². The van der Waals surface area contributed by atoms with Gasteiger partial charge < -0.3 is 14.8 Å². The van der Waals surface area contributed by atoms with Crippen molar-refractivity contribution < 1.29 is 14.3 Å². The van der Waals surface area contributed by atoms with E-state index >= 15 is 0 Å². The zero-order valence-electron chi connectivity index (χ0n) is 18.0. The van der Waals surface area contributed by atoms with E-state index in [9.17, 15) is 4.79 Å². The topological polar surface area (TPSA) is 47.6 Å². The minimum Gasteiger partial charge on any atom is -0.379 e. The van der Waals surface area contributed by atoms with Gasteiger partial charge in [-0.1, -0.05) is 72.1 Å². The molecular weight excluding hydrogens is 326 g/mol. The quantitative estimate of drug-likeness (QED) is 0.301. The van der Waals surface area contributed by atoms with Crippen LogP contribution in [-0.2, 0) is 14.3 Å². The number of nitrogens with one attached hydrogen (secondary N) is 1. The molecule has 0 bridgehead atoms. The highest BCUT2D eigenvalue weighted by atomic mass is 16.5. The minimum atomic E-state index is -0.159. The van der Waals surface area contributed by atoms with Crippen LogP contribution < -0.4 is 5.32 Å². The van der Waals surface area contributed by atoms with Gasteiger partial charge in [0.15, 0.2) is 0 Å². The third kappa shape index (κ3) is 13.7. The van der Waals surface area contributed by atoms with Crippen molar-refractivity contribution in [2.24, 2.45) is 5.41 Å². The number of hydrogen-bond acceptors (Lipinski definition) is 4. The van der Waals surface area contributed by atoms with Crippen molar-refractivity contribution in [2.45, 2.75) is 91.4 Å². The smallest absolute Gasteiger partial charge is 0.141 e. The van der Waals surface area contributed by atoms with Gasteiger partial charge in [0.05, 0.1) is 26.4 Å². The molecule has 4 nitrogen and oxygen atoms in total. The standard InChI is InChI=1S/C22H45NO3/c1-5-7-9-11-14-22(3,15-12-10-8-6-2)21(24)13-17-25-19-20-26-18-16-23-4/h23H,5-20H2,1-4H3. The van der Waals surface area contributed by atoms with E-state index in [2.05, 4.69) is 26.1 Å². The average molecular weight is 372 g/mol. The Hall–Kier alpha value is -0.450. The largest absolute Gasteiger partial charge is 0.379 e. The van der Waals surface area contributed by atoms with E-state index in [1.165, 1.54) is 51.4 Å². The van der Waals surface area contributed by atoms with E-state index < -0.39 is 0 Å². The molecule has 0 saturated carbocycles. The fourth-order valence-electron chi connectivity index (χ4n) is 3.25. The van der Waals surface area contributed by atoms with Crippen LogP contribution in [0.3, 0.4) is 0 Å². The minimum absolute atomic E-state index is 0.159. The highest BCUT2D eigenvalue weighted by Gasteiger charge is 2.31. The molecule has 0 aliphatic rings. The number of likely N-dealkylation sites (N-methyl/N-ethyl adjacent to an activating group) is 1. The van der Waals surface area contributed by atoms with Gasteiger partial charge in [0.1, 0.15) is 5.78 Å². The van der Waals surface area contributed by atoms with Crippen molar-refractivity contribution in [1.82, 2.24) is 5.32 Å². The summed E-state index contributed by atoms with van der Waals surface area (Å²) in [5, 5.41) is 3.04. The van der Waals surface area contributed by atoms with Crippen molar-refractivity contribution in [2.75, 3.05) is 40.0 Å². The number of ether oxygens (including phenoxy) is 2. The van der Waals surface area contributed by atoms with Crippen LogP contribution in [0.5, 0.6) is 0 Å². The molecule has 0 amide bonds. The molecule has 4 heteroatoms. The molecule has 0 atom stereocenters. The van der Waals surface area contributed by atoms with Crippen LogP contribution in [-0.4, -0.2) is 45.8 Å². The molecule has 0 radical (unpaired) electrons. The fraction of sp³-hybridized carbons (Fsp3) is 0.955. The van der Waals surface area contributed by atoms with Crippen LogP contribution in [0.15, 0.2) is 0 Å². The van der Waals surface area contributed by atoms with Gasteiger partial charge in [-0.15, -0.1) is 0 Å². The number of carbonyl (C=O) groups is 1. The Balaban J connectivity index is 4.14. The first-order valence-corrected chi connectivity index (χ1v) is 10.9. The summed E-state index contributed by atoms with van der Waals surface area (Å²) in [6.45, 7) is 9.90. The van der Waals surface area contributed by atoms with Crippen molar-refractivity contribution in [3.63, 3.8) is 0 Å². The first-order valence-electron chi connectivity index (χ1n) is 10.9. The summed E-state index contributed by atoms with van der Waals surface area (Å²) in [6, 6.07) is 0. The molecule has 0 aromatic rings. The Bertz CT molecular complexity index is 309. The van der Waals surface area contributed by atoms with Gasteiger partial charge in [-0.2, -0.15) is 0 Å². The van der Waals surface area contributed by atoms with Gasteiger partial charge in [-0.3, -0.25) is 4.79 Å². The summed E-state index contributed by atoms with van der Waals surface area (Å²) < 4.78 is 11.0. The maximum absolute atomic E-state index is 12.8. The Morgan fingerprint density at radius 3 is 1.85 bits per heavy atom. The summed E-state index contributed by atoms with van der Waals surface area (Å²) >= 11 is 0. The number of Topliss-reactive ketones (excluding diaryl/α,β-unsaturated/α-hetero) is 1. The van der Waals surface area contributed by atoms with E-state index in [1.54, 1.807) is 0 Å². The molecule has 0 fully saturated rings. The van der Waals surface area contributed by atoms with Gasteiger partial charge in [0.25, 0.3) is 0 Å². The lowest BCUT2D eigenvalue weighted by atomic mass is 9.75. The molecular formula is C22H45NO3. The second-order valence-electron chi connectivity index (χ2n) is 7.68. The first-order chi connectivity index (χ1) is 12.6. The van der Waals surface area contributed by atoms with E-state index in [4.69, 9.17) is 9.47 Å². The molecule has 0 saturated heterocycles. The summed E-state index contributed by atoms with van der Waals surface area (Å²) in [6.07, 6.45) is 12.5. The van der Waals surface area contributed by atoms with Crippen LogP contribution in [0.1, 0.15) is 91.4 Å². The molecule has 0 aliphatic carbocycles. The lowest BCUT2D eigenvalue weighted by Gasteiger charge is -2.28. The third-order valence-electron chi connectivity index (χ3n) is 5.18. The van der Waals surface area contributed by atoms with Crippen LogP contribution in [0.25, 0.3) is 0 Å². The maximum atomic E-state index is 12.8. The average Bonchev–Trinajstić information content (AvgIpc) is 2.64. The molecule has 0 unspecified atom stereocenters. The molecule has 0 heterocycles. The predicted molar refractivity (Wildman–Crippen MR) is 111 cm³/mol. The third-order valence-corrected chi connectivity index (χ3v) is 5.18. The molecule has 0 rings (SSSR count). The normalized spacial score (nSPS) is 11.8. The predicted octanol–water partition coefficient (Wildman–Crippen LogP) is 5.15. The molecule has 156 valence electrons. The van der Waals surface area contributed by atoms with Gasteiger partial charge in [-0.25, -0.2) is 0 Å². The Kier molecular flexibility index (Phi) is 17.6. The number of unbranched alkanes of at least 4 members (excludes halogenated alkanes) is 6. The molecule has 0 spiro atoms. The molecule has 26 heavy (non-hydrogen) atoms. The van der Waals surface area contributed by atoms with Gasteiger partial charge in [0, 0.05) is 18.4 Å². The van der Waals surface area contributed by atoms with Crippen LogP contribution >= 0.6 is 0 Å². The van der Waals surface area contributed by atoms with Crippen LogP contribution in [0, 0.1) is 5.41 Å². The summed E-state index contributed by atoms with van der Waals surface area (Å²) in [5.41, 5.74) is -0.159. The van der Waals surface area contributed by atoms with E-state index in [0.717, 1.165) is 19.4 Å². The highest BCUT2D eigenvalue weighted by Crippen LogP contribution is 2.33. The van der Waals surface area contributed by atoms with Crippen LogP contribution in [0.4, 0.5) is 0 Å². The SMILES string of the molecule is CCCCCCC(C)(CCCCCC)C(=O)CCOCCOCCNC. The molecule has 0 aromatic heterocycles. The second-order valence-corrected chi connectivity index (χ2v) is 7.68. The monoisotopic (exact) mass is 371 g/mol. The Morgan fingerprint density at radius 1 is 0.808 bits per heavy atom. The Labute approximate surface area is 162 Å². The Morgan fingerprint density at radius 2 is 1.35 bits per heavy atom. The fourth-order valence-corrected chi connectivity index (χ4v) is 3.25. The lowest BCUT2D eigenvalue weighted by molar-refractivity contribution is -0.130.